The van der Waals surface area contributed by atoms with Crippen LogP contribution in [0.5, 0.6) is 5.75 Å². The van der Waals surface area contributed by atoms with Gasteiger partial charge in [-0.25, -0.2) is 4.99 Å². The number of carbonyl (C=O) groups is 1. The zero-order valence-electron chi connectivity index (χ0n) is 16.8. The van der Waals surface area contributed by atoms with Gasteiger partial charge in [-0.1, -0.05) is 25.0 Å². The van der Waals surface area contributed by atoms with E-state index in [1.54, 1.807) is 7.11 Å². The number of rotatable bonds is 12. The number of aliphatic imine (C=N–C) groups is 1. The van der Waals surface area contributed by atoms with E-state index in [1.807, 2.05) is 31.2 Å². The Morgan fingerprint density at radius 2 is 1.74 bits per heavy atom. The SMILES string of the molecule is CCNC(=NCc1ccc(OC)cc1)NCCCCCCC(=O)OCC.I. The van der Waals surface area contributed by atoms with E-state index in [0.29, 0.717) is 19.6 Å². The zero-order chi connectivity index (χ0) is 19.0. The molecule has 0 heterocycles. The number of benzene rings is 1. The molecule has 0 unspecified atom stereocenters. The van der Waals surface area contributed by atoms with Crippen molar-refractivity contribution in [2.75, 3.05) is 26.8 Å². The second-order valence-electron chi connectivity index (χ2n) is 5.94. The summed E-state index contributed by atoms with van der Waals surface area (Å²) < 4.78 is 10.1. The molecule has 27 heavy (non-hydrogen) atoms. The van der Waals surface area contributed by atoms with Crippen molar-refractivity contribution in [1.82, 2.24) is 10.6 Å². The highest BCUT2D eigenvalue weighted by atomic mass is 127. The Morgan fingerprint density at radius 1 is 1.04 bits per heavy atom. The third-order valence-electron chi connectivity index (χ3n) is 3.83. The van der Waals surface area contributed by atoms with Gasteiger partial charge in [0.25, 0.3) is 0 Å². The molecule has 0 spiro atoms. The molecular weight excluding hydrogens is 457 g/mol. The third kappa shape index (κ3) is 12.5. The molecular formula is C20H34IN3O3. The first-order chi connectivity index (χ1) is 12.7. The van der Waals surface area contributed by atoms with E-state index < -0.39 is 0 Å². The summed E-state index contributed by atoms with van der Waals surface area (Å²) in [6, 6.07) is 7.94. The van der Waals surface area contributed by atoms with Gasteiger partial charge in [0.1, 0.15) is 5.75 Å². The molecule has 2 N–H and O–H groups in total. The van der Waals surface area contributed by atoms with Gasteiger partial charge in [-0.05, 0) is 44.4 Å². The van der Waals surface area contributed by atoms with E-state index in [0.717, 1.165) is 56.0 Å². The molecule has 0 amide bonds. The van der Waals surface area contributed by atoms with E-state index in [9.17, 15) is 4.79 Å². The molecule has 0 bridgehead atoms. The standard InChI is InChI=1S/C20H33N3O3.HI/c1-4-21-20(23-16-17-11-13-18(25-3)14-12-17)22-15-9-7-6-8-10-19(24)26-5-2;/h11-14H,4-10,15-16H2,1-3H3,(H2,21,22,23);1H. The van der Waals surface area contributed by atoms with Crippen LogP contribution >= 0.6 is 24.0 Å². The third-order valence-corrected chi connectivity index (χ3v) is 3.83. The minimum atomic E-state index is -0.0919. The number of carbonyl (C=O) groups excluding carboxylic acids is 1. The number of halogens is 1. The lowest BCUT2D eigenvalue weighted by atomic mass is 10.1. The summed E-state index contributed by atoms with van der Waals surface area (Å²) in [5.74, 6) is 1.59. The Hall–Kier alpha value is -1.51. The quantitative estimate of drug-likeness (QED) is 0.153. The zero-order valence-corrected chi connectivity index (χ0v) is 19.1. The molecule has 1 aromatic carbocycles. The Kier molecular flexibility index (Phi) is 15.7. The molecule has 0 saturated carbocycles. The van der Waals surface area contributed by atoms with Crippen LogP contribution in [0.3, 0.4) is 0 Å². The van der Waals surface area contributed by atoms with Crippen molar-refractivity contribution in [2.45, 2.75) is 52.5 Å². The fraction of sp³-hybridized carbons (Fsp3) is 0.600. The predicted molar refractivity (Wildman–Crippen MR) is 121 cm³/mol. The topological polar surface area (TPSA) is 72.0 Å². The minimum Gasteiger partial charge on any atom is -0.497 e. The van der Waals surface area contributed by atoms with Crippen molar-refractivity contribution in [2.24, 2.45) is 4.99 Å². The van der Waals surface area contributed by atoms with E-state index in [4.69, 9.17) is 9.47 Å². The monoisotopic (exact) mass is 491 g/mol. The summed E-state index contributed by atoms with van der Waals surface area (Å²) in [5.41, 5.74) is 1.14. The maximum absolute atomic E-state index is 11.3. The van der Waals surface area contributed by atoms with Gasteiger partial charge in [-0.3, -0.25) is 4.79 Å². The van der Waals surface area contributed by atoms with Crippen LogP contribution in [0.25, 0.3) is 0 Å². The lowest BCUT2D eigenvalue weighted by Gasteiger charge is -2.11. The molecule has 0 aliphatic rings. The summed E-state index contributed by atoms with van der Waals surface area (Å²) in [6.07, 6.45) is 4.60. The molecule has 154 valence electrons. The minimum absolute atomic E-state index is 0. The highest BCUT2D eigenvalue weighted by Gasteiger charge is 2.01. The molecule has 0 atom stereocenters. The first-order valence-corrected chi connectivity index (χ1v) is 9.50. The molecule has 6 nitrogen and oxygen atoms in total. The maximum Gasteiger partial charge on any atom is 0.305 e. The van der Waals surface area contributed by atoms with Gasteiger partial charge >= 0.3 is 5.97 Å². The van der Waals surface area contributed by atoms with Crippen LogP contribution in [0.2, 0.25) is 0 Å². The number of unbranched alkanes of at least 4 members (excludes halogenated alkanes) is 3. The number of ether oxygens (including phenoxy) is 2. The van der Waals surface area contributed by atoms with E-state index in [2.05, 4.69) is 22.5 Å². The van der Waals surface area contributed by atoms with Crippen LogP contribution in [-0.2, 0) is 16.1 Å². The number of hydrogen-bond acceptors (Lipinski definition) is 4. The van der Waals surface area contributed by atoms with Gasteiger partial charge in [0.2, 0.25) is 0 Å². The van der Waals surface area contributed by atoms with Gasteiger partial charge < -0.3 is 20.1 Å². The summed E-state index contributed by atoms with van der Waals surface area (Å²) in [4.78, 5) is 15.9. The highest BCUT2D eigenvalue weighted by molar-refractivity contribution is 14.0. The van der Waals surface area contributed by atoms with Gasteiger partial charge in [-0.2, -0.15) is 0 Å². The van der Waals surface area contributed by atoms with Crippen LogP contribution < -0.4 is 15.4 Å². The molecule has 1 aromatic rings. The molecule has 0 aliphatic carbocycles. The molecule has 0 aliphatic heterocycles. The van der Waals surface area contributed by atoms with E-state index in [1.165, 1.54) is 0 Å². The maximum atomic E-state index is 11.3. The van der Waals surface area contributed by atoms with Crippen molar-refractivity contribution in [3.05, 3.63) is 29.8 Å². The van der Waals surface area contributed by atoms with Crippen molar-refractivity contribution in [3.8, 4) is 5.75 Å². The van der Waals surface area contributed by atoms with Gasteiger partial charge in [0.05, 0.1) is 20.3 Å². The Bertz CT molecular complexity index is 536. The molecule has 0 aromatic heterocycles. The normalized spacial score (nSPS) is 10.7. The smallest absolute Gasteiger partial charge is 0.305 e. The van der Waals surface area contributed by atoms with Crippen molar-refractivity contribution in [1.29, 1.82) is 0 Å². The molecule has 7 heteroatoms. The van der Waals surface area contributed by atoms with Crippen LogP contribution in [0.15, 0.2) is 29.3 Å². The Balaban J connectivity index is 0.00000676. The molecule has 1 rings (SSSR count). The second kappa shape index (κ2) is 16.6. The van der Waals surface area contributed by atoms with Crippen molar-refractivity contribution >= 4 is 35.9 Å². The van der Waals surface area contributed by atoms with Crippen LogP contribution in [0.1, 0.15) is 51.5 Å². The van der Waals surface area contributed by atoms with Gasteiger partial charge in [0, 0.05) is 19.5 Å². The average molecular weight is 491 g/mol. The second-order valence-corrected chi connectivity index (χ2v) is 5.94. The lowest BCUT2D eigenvalue weighted by Crippen LogP contribution is -2.37. The number of methoxy groups -OCH3 is 1. The van der Waals surface area contributed by atoms with Crippen molar-refractivity contribution in [3.63, 3.8) is 0 Å². The van der Waals surface area contributed by atoms with Crippen LogP contribution in [0, 0.1) is 0 Å². The fourth-order valence-corrected chi connectivity index (χ4v) is 2.43. The van der Waals surface area contributed by atoms with Crippen molar-refractivity contribution < 1.29 is 14.3 Å². The van der Waals surface area contributed by atoms with E-state index in [-0.39, 0.29) is 29.9 Å². The fourth-order valence-electron chi connectivity index (χ4n) is 2.43. The lowest BCUT2D eigenvalue weighted by molar-refractivity contribution is -0.143. The largest absolute Gasteiger partial charge is 0.497 e. The highest BCUT2D eigenvalue weighted by Crippen LogP contribution is 2.11. The Labute approximate surface area is 180 Å². The number of esters is 1. The number of nitrogens with zero attached hydrogens (tertiary/aromatic N) is 1. The summed E-state index contributed by atoms with van der Waals surface area (Å²) >= 11 is 0. The number of hydrogen-bond donors (Lipinski definition) is 2. The summed E-state index contributed by atoms with van der Waals surface area (Å²) in [6.45, 7) is 6.67. The summed E-state index contributed by atoms with van der Waals surface area (Å²) in [7, 11) is 1.66. The Morgan fingerprint density at radius 3 is 2.37 bits per heavy atom. The van der Waals surface area contributed by atoms with E-state index >= 15 is 0 Å². The number of nitrogens with one attached hydrogen (secondary N) is 2. The van der Waals surface area contributed by atoms with Gasteiger partial charge in [0.15, 0.2) is 5.96 Å². The average Bonchev–Trinajstić information content (AvgIpc) is 2.65. The molecule has 0 saturated heterocycles. The van der Waals surface area contributed by atoms with Crippen LogP contribution in [-0.4, -0.2) is 38.7 Å². The predicted octanol–water partition coefficient (Wildman–Crippen LogP) is 3.88. The summed E-state index contributed by atoms with van der Waals surface area (Å²) in [5, 5.41) is 6.62. The van der Waals surface area contributed by atoms with Gasteiger partial charge in [-0.15, -0.1) is 24.0 Å². The van der Waals surface area contributed by atoms with Crippen LogP contribution in [0.4, 0.5) is 0 Å². The molecule has 0 fully saturated rings. The first-order valence-electron chi connectivity index (χ1n) is 9.50. The number of guanidine groups is 1. The molecule has 0 radical (unpaired) electrons. The first kappa shape index (κ1) is 25.5.